The van der Waals surface area contributed by atoms with Crippen LogP contribution in [0.4, 0.5) is 0 Å². The van der Waals surface area contributed by atoms with E-state index in [9.17, 15) is 4.79 Å². The molecule has 0 aromatic rings. The van der Waals surface area contributed by atoms with E-state index in [0.29, 0.717) is 26.4 Å². The molecule has 0 radical (unpaired) electrons. The SMILES string of the molecule is COCCOCCCCNC(=O)C(C)(C)N. The maximum atomic E-state index is 11.4. The molecule has 0 aliphatic carbocycles. The molecule has 0 aliphatic heterocycles. The third kappa shape index (κ3) is 8.64. The first-order chi connectivity index (χ1) is 7.48. The van der Waals surface area contributed by atoms with Gasteiger partial charge in [0.15, 0.2) is 0 Å². The summed E-state index contributed by atoms with van der Waals surface area (Å²) in [4.78, 5) is 11.4. The highest BCUT2D eigenvalue weighted by Crippen LogP contribution is 1.96. The molecule has 1 amide bonds. The quantitative estimate of drug-likeness (QED) is 0.560. The van der Waals surface area contributed by atoms with E-state index < -0.39 is 5.54 Å². The van der Waals surface area contributed by atoms with Gasteiger partial charge in [-0.2, -0.15) is 0 Å². The van der Waals surface area contributed by atoms with E-state index >= 15 is 0 Å². The normalized spacial score (nSPS) is 11.5. The van der Waals surface area contributed by atoms with Gasteiger partial charge in [-0.1, -0.05) is 0 Å². The van der Waals surface area contributed by atoms with Crippen LogP contribution in [0.25, 0.3) is 0 Å². The summed E-state index contributed by atoms with van der Waals surface area (Å²) < 4.78 is 10.1. The van der Waals surface area contributed by atoms with E-state index in [1.807, 2.05) is 0 Å². The molecule has 0 bridgehead atoms. The summed E-state index contributed by atoms with van der Waals surface area (Å²) in [6.45, 7) is 5.97. The third-order valence-corrected chi connectivity index (χ3v) is 2.02. The van der Waals surface area contributed by atoms with Gasteiger partial charge in [-0.05, 0) is 26.7 Å². The lowest BCUT2D eigenvalue weighted by molar-refractivity contribution is -0.125. The van der Waals surface area contributed by atoms with Gasteiger partial charge in [0.05, 0.1) is 18.8 Å². The van der Waals surface area contributed by atoms with Crippen LogP contribution < -0.4 is 11.1 Å². The molecule has 0 atom stereocenters. The van der Waals surface area contributed by atoms with Crippen LogP contribution in [0.3, 0.4) is 0 Å². The van der Waals surface area contributed by atoms with Crippen molar-refractivity contribution in [1.29, 1.82) is 0 Å². The average Bonchev–Trinajstić information content (AvgIpc) is 2.20. The summed E-state index contributed by atoms with van der Waals surface area (Å²) in [5.74, 6) is -0.118. The van der Waals surface area contributed by atoms with E-state index in [1.54, 1.807) is 21.0 Å². The highest BCUT2D eigenvalue weighted by molar-refractivity contribution is 5.84. The first-order valence-corrected chi connectivity index (χ1v) is 5.62. The Labute approximate surface area is 97.7 Å². The average molecular weight is 232 g/mol. The molecule has 96 valence electrons. The van der Waals surface area contributed by atoms with Crippen molar-refractivity contribution in [3.05, 3.63) is 0 Å². The molecule has 0 saturated heterocycles. The van der Waals surface area contributed by atoms with Crippen LogP contribution in [0.5, 0.6) is 0 Å². The van der Waals surface area contributed by atoms with Gasteiger partial charge in [0, 0.05) is 20.3 Å². The van der Waals surface area contributed by atoms with Crippen LogP contribution >= 0.6 is 0 Å². The zero-order valence-electron chi connectivity index (χ0n) is 10.5. The lowest BCUT2D eigenvalue weighted by Gasteiger charge is -2.17. The number of carbonyl (C=O) groups is 1. The standard InChI is InChI=1S/C11H24N2O3/c1-11(2,12)10(14)13-6-4-5-7-16-9-8-15-3/h4-9,12H2,1-3H3,(H,13,14). The van der Waals surface area contributed by atoms with E-state index in [-0.39, 0.29) is 5.91 Å². The van der Waals surface area contributed by atoms with E-state index in [0.717, 1.165) is 12.8 Å². The number of carbonyl (C=O) groups excluding carboxylic acids is 1. The highest BCUT2D eigenvalue weighted by atomic mass is 16.5. The van der Waals surface area contributed by atoms with Gasteiger partial charge in [-0.25, -0.2) is 0 Å². The van der Waals surface area contributed by atoms with Gasteiger partial charge >= 0.3 is 0 Å². The summed E-state index contributed by atoms with van der Waals surface area (Å²) in [7, 11) is 1.65. The van der Waals surface area contributed by atoms with Crippen molar-refractivity contribution in [2.75, 3.05) is 33.5 Å². The molecule has 0 unspecified atom stereocenters. The zero-order valence-corrected chi connectivity index (χ0v) is 10.5. The topological polar surface area (TPSA) is 73.6 Å². The first-order valence-electron chi connectivity index (χ1n) is 5.62. The lowest BCUT2D eigenvalue weighted by Crippen LogP contribution is -2.49. The van der Waals surface area contributed by atoms with Gasteiger partial charge in [-0.15, -0.1) is 0 Å². The van der Waals surface area contributed by atoms with Crippen LogP contribution in [0, 0.1) is 0 Å². The van der Waals surface area contributed by atoms with Crippen LogP contribution in [-0.4, -0.2) is 44.9 Å². The minimum atomic E-state index is -0.797. The van der Waals surface area contributed by atoms with Crippen molar-refractivity contribution in [3.63, 3.8) is 0 Å². The van der Waals surface area contributed by atoms with Crippen molar-refractivity contribution < 1.29 is 14.3 Å². The highest BCUT2D eigenvalue weighted by Gasteiger charge is 2.20. The van der Waals surface area contributed by atoms with E-state index in [1.165, 1.54) is 0 Å². The molecule has 0 aliphatic rings. The number of hydrogen-bond acceptors (Lipinski definition) is 4. The maximum Gasteiger partial charge on any atom is 0.239 e. The van der Waals surface area contributed by atoms with Gasteiger partial charge in [0.25, 0.3) is 0 Å². The molecule has 0 saturated carbocycles. The zero-order chi connectivity index (χ0) is 12.4. The monoisotopic (exact) mass is 232 g/mol. The van der Waals surface area contributed by atoms with Crippen LogP contribution in [0.15, 0.2) is 0 Å². The number of nitrogens with two attached hydrogens (primary N) is 1. The van der Waals surface area contributed by atoms with Gasteiger partial charge in [0.1, 0.15) is 0 Å². The second-order valence-electron chi connectivity index (χ2n) is 4.29. The van der Waals surface area contributed by atoms with E-state index in [2.05, 4.69) is 5.32 Å². The maximum absolute atomic E-state index is 11.4. The van der Waals surface area contributed by atoms with Crippen molar-refractivity contribution in [1.82, 2.24) is 5.32 Å². The molecule has 0 aromatic heterocycles. The smallest absolute Gasteiger partial charge is 0.239 e. The minimum Gasteiger partial charge on any atom is -0.382 e. The van der Waals surface area contributed by atoms with Crippen LogP contribution in [0.2, 0.25) is 0 Å². The molecular weight excluding hydrogens is 208 g/mol. The second-order valence-corrected chi connectivity index (χ2v) is 4.29. The van der Waals surface area contributed by atoms with Crippen molar-refractivity contribution in [3.8, 4) is 0 Å². The Bertz CT molecular complexity index is 190. The predicted molar refractivity (Wildman–Crippen MR) is 63.2 cm³/mol. The molecule has 5 heteroatoms. The number of methoxy groups -OCH3 is 1. The van der Waals surface area contributed by atoms with Crippen molar-refractivity contribution in [2.24, 2.45) is 5.73 Å². The molecular formula is C11H24N2O3. The largest absolute Gasteiger partial charge is 0.382 e. The summed E-state index contributed by atoms with van der Waals surface area (Å²) in [5, 5.41) is 2.78. The fourth-order valence-electron chi connectivity index (χ4n) is 1.00. The summed E-state index contributed by atoms with van der Waals surface area (Å²) in [6.07, 6.45) is 1.82. The number of ether oxygens (including phenoxy) is 2. The molecule has 0 rings (SSSR count). The molecule has 16 heavy (non-hydrogen) atoms. The Morgan fingerprint density at radius 3 is 2.50 bits per heavy atom. The Morgan fingerprint density at radius 1 is 1.25 bits per heavy atom. The van der Waals surface area contributed by atoms with Crippen molar-refractivity contribution in [2.45, 2.75) is 32.2 Å². The Balaban J connectivity index is 3.25. The first kappa shape index (κ1) is 15.3. The Morgan fingerprint density at radius 2 is 1.94 bits per heavy atom. The van der Waals surface area contributed by atoms with E-state index in [4.69, 9.17) is 15.2 Å². The summed E-state index contributed by atoms with van der Waals surface area (Å²) in [5.41, 5.74) is 4.83. The number of unbranched alkanes of at least 4 members (excludes halogenated alkanes) is 1. The van der Waals surface area contributed by atoms with Gasteiger partial charge in [-0.3, -0.25) is 4.79 Å². The molecule has 0 spiro atoms. The summed E-state index contributed by atoms with van der Waals surface area (Å²) in [6, 6.07) is 0. The molecule has 0 aromatic carbocycles. The van der Waals surface area contributed by atoms with Crippen molar-refractivity contribution >= 4 is 5.91 Å². The number of nitrogens with one attached hydrogen (secondary N) is 1. The molecule has 5 nitrogen and oxygen atoms in total. The minimum absolute atomic E-state index is 0.118. The summed E-state index contributed by atoms with van der Waals surface area (Å²) >= 11 is 0. The predicted octanol–water partition coefficient (Wildman–Crippen LogP) is 0.283. The second kappa shape index (κ2) is 8.50. The molecule has 0 heterocycles. The molecule has 3 N–H and O–H groups in total. The Hall–Kier alpha value is -0.650. The fourth-order valence-corrected chi connectivity index (χ4v) is 1.00. The fraction of sp³-hybridized carbons (Fsp3) is 0.909. The van der Waals surface area contributed by atoms with Crippen LogP contribution in [-0.2, 0) is 14.3 Å². The number of rotatable bonds is 9. The third-order valence-electron chi connectivity index (χ3n) is 2.02. The van der Waals surface area contributed by atoms with Crippen LogP contribution in [0.1, 0.15) is 26.7 Å². The lowest BCUT2D eigenvalue weighted by atomic mass is 10.1. The molecule has 0 fully saturated rings. The van der Waals surface area contributed by atoms with Gasteiger partial charge < -0.3 is 20.5 Å². The van der Waals surface area contributed by atoms with Gasteiger partial charge in [0.2, 0.25) is 5.91 Å². The Kier molecular flexibility index (Phi) is 8.15. The number of amides is 1. The number of hydrogen-bond donors (Lipinski definition) is 2.